The van der Waals surface area contributed by atoms with E-state index >= 15 is 0 Å². The van der Waals surface area contributed by atoms with Crippen LogP contribution in [0.15, 0.2) is 59.2 Å². The highest BCUT2D eigenvalue weighted by Crippen LogP contribution is 2.28. The largest absolute Gasteiger partial charge is 0.464 e. The van der Waals surface area contributed by atoms with Gasteiger partial charge in [0.2, 0.25) is 0 Å². The zero-order chi connectivity index (χ0) is 13.2. The Kier molecular flexibility index (Phi) is 3.57. The Hall–Kier alpha value is -1.33. The van der Waals surface area contributed by atoms with Crippen LogP contribution in [0.1, 0.15) is 17.2 Å². The fourth-order valence-electron chi connectivity index (χ4n) is 2.21. The van der Waals surface area contributed by atoms with Gasteiger partial charge in [0, 0.05) is 20.9 Å². The van der Waals surface area contributed by atoms with Crippen LogP contribution >= 0.6 is 22.6 Å². The Morgan fingerprint density at radius 3 is 2.58 bits per heavy atom. The van der Waals surface area contributed by atoms with Crippen molar-refractivity contribution in [3.8, 4) is 0 Å². The van der Waals surface area contributed by atoms with Crippen LogP contribution in [0.5, 0.6) is 0 Å². The zero-order valence-electron chi connectivity index (χ0n) is 10.2. The van der Waals surface area contributed by atoms with E-state index in [1.807, 2.05) is 36.4 Å². The summed E-state index contributed by atoms with van der Waals surface area (Å²) in [4.78, 5) is 0. The van der Waals surface area contributed by atoms with Crippen molar-refractivity contribution in [2.75, 3.05) is 0 Å². The fraction of sp³-hybridized carbons (Fsp3) is 0.125. The van der Waals surface area contributed by atoms with Crippen LogP contribution in [0.2, 0.25) is 0 Å². The number of aliphatic hydroxyl groups excluding tert-OH is 1. The van der Waals surface area contributed by atoms with Gasteiger partial charge < -0.3 is 9.52 Å². The Balaban J connectivity index is 1.87. The quantitative estimate of drug-likeness (QED) is 0.703. The van der Waals surface area contributed by atoms with E-state index in [4.69, 9.17) is 4.42 Å². The second kappa shape index (κ2) is 5.35. The highest BCUT2D eigenvalue weighted by Gasteiger charge is 2.14. The van der Waals surface area contributed by atoms with E-state index in [9.17, 15) is 5.11 Å². The van der Waals surface area contributed by atoms with Crippen LogP contribution in [-0.4, -0.2) is 5.11 Å². The van der Waals surface area contributed by atoms with E-state index in [-0.39, 0.29) is 0 Å². The van der Waals surface area contributed by atoms with Crippen LogP contribution in [0.3, 0.4) is 0 Å². The van der Waals surface area contributed by atoms with Gasteiger partial charge in [-0.1, -0.05) is 30.3 Å². The lowest BCUT2D eigenvalue weighted by Gasteiger charge is -2.09. The summed E-state index contributed by atoms with van der Waals surface area (Å²) < 4.78 is 6.66. The van der Waals surface area contributed by atoms with Crippen molar-refractivity contribution in [2.24, 2.45) is 0 Å². The summed E-state index contributed by atoms with van der Waals surface area (Å²) in [6.07, 6.45) is 1.71. The van der Waals surface area contributed by atoms with E-state index in [1.54, 1.807) is 6.26 Å². The summed E-state index contributed by atoms with van der Waals surface area (Å²) in [5.74, 6) is 0. The lowest BCUT2D eigenvalue weighted by atomic mass is 10.0. The lowest BCUT2D eigenvalue weighted by Crippen LogP contribution is -2.00. The smallest absolute Gasteiger partial charge is 0.134 e. The van der Waals surface area contributed by atoms with Crippen molar-refractivity contribution in [3.05, 3.63) is 69.5 Å². The molecule has 0 spiro atoms. The van der Waals surface area contributed by atoms with Crippen molar-refractivity contribution >= 4 is 33.6 Å². The molecule has 1 unspecified atom stereocenters. The van der Waals surface area contributed by atoms with Gasteiger partial charge in [0.15, 0.2) is 0 Å². The minimum Gasteiger partial charge on any atom is -0.464 e. The van der Waals surface area contributed by atoms with Crippen LogP contribution in [-0.2, 0) is 6.42 Å². The molecule has 3 aromatic rings. The monoisotopic (exact) mass is 364 g/mol. The van der Waals surface area contributed by atoms with Crippen molar-refractivity contribution in [1.82, 2.24) is 0 Å². The third-order valence-corrected chi connectivity index (χ3v) is 3.93. The van der Waals surface area contributed by atoms with Gasteiger partial charge in [0.25, 0.3) is 0 Å². The molecule has 1 aromatic heterocycles. The Morgan fingerprint density at radius 1 is 1.05 bits per heavy atom. The maximum Gasteiger partial charge on any atom is 0.134 e. The SMILES string of the molecule is OC(Cc1ccc(I)cc1)c1coc2ccccc12. The second-order valence-corrected chi connectivity index (χ2v) is 5.78. The fourth-order valence-corrected chi connectivity index (χ4v) is 2.57. The Labute approximate surface area is 125 Å². The number of hydrogen-bond acceptors (Lipinski definition) is 2. The van der Waals surface area contributed by atoms with Crippen molar-refractivity contribution < 1.29 is 9.52 Å². The Morgan fingerprint density at radius 2 is 1.79 bits per heavy atom. The number of benzene rings is 2. The van der Waals surface area contributed by atoms with E-state index in [0.29, 0.717) is 6.42 Å². The van der Waals surface area contributed by atoms with E-state index in [2.05, 4.69) is 34.7 Å². The normalized spacial score (nSPS) is 12.7. The first-order chi connectivity index (χ1) is 9.24. The van der Waals surface area contributed by atoms with Gasteiger partial charge >= 0.3 is 0 Å². The average Bonchev–Trinajstić information content (AvgIpc) is 2.85. The van der Waals surface area contributed by atoms with Gasteiger partial charge in [-0.05, 0) is 46.4 Å². The van der Waals surface area contributed by atoms with Crippen LogP contribution in [0.4, 0.5) is 0 Å². The number of halogens is 1. The highest BCUT2D eigenvalue weighted by atomic mass is 127. The molecule has 0 fully saturated rings. The molecule has 2 aromatic carbocycles. The first kappa shape index (κ1) is 12.7. The predicted molar refractivity (Wildman–Crippen MR) is 84.0 cm³/mol. The topological polar surface area (TPSA) is 33.4 Å². The van der Waals surface area contributed by atoms with Crippen LogP contribution < -0.4 is 0 Å². The number of hydrogen-bond donors (Lipinski definition) is 1. The minimum atomic E-state index is -0.538. The molecule has 1 atom stereocenters. The maximum atomic E-state index is 10.4. The molecule has 19 heavy (non-hydrogen) atoms. The molecule has 2 nitrogen and oxygen atoms in total. The first-order valence-electron chi connectivity index (χ1n) is 6.12. The van der Waals surface area contributed by atoms with Crippen LogP contribution in [0, 0.1) is 3.57 Å². The molecule has 1 N–H and O–H groups in total. The molecular weight excluding hydrogens is 351 g/mol. The number of aliphatic hydroxyl groups is 1. The van der Waals surface area contributed by atoms with Gasteiger partial charge in [0.1, 0.15) is 5.58 Å². The zero-order valence-corrected chi connectivity index (χ0v) is 12.4. The van der Waals surface area contributed by atoms with Gasteiger partial charge in [0.05, 0.1) is 12.4 Å². The molecule has 0 radical (unpaired) electrons. The first-order valence-corrected chi connectivity index (χ1v) is 7.20. The van der Waals surface area contributed by atoms with Crippen molar-refractivity contribution in [3.63, 3.8) is 0 Å². The number of fused-ring (bicyclic) bond motifs is 1. The molecular formula is C16H13IO2. The second-order valence-electron chi connectivity index (χ2n) is 4.53. The van der Waals surface area contributed by atoms with Gasteiger partial charge in [-0.15, -0.1) is 0 Å². The van der Waals surface area contributed by atoms with Gasteiger partial charge in [-0.25, -0.2) is 0 Å². The molecule has 0 amide bonds. The molecule has 0 saturated carbocycles. The summed E-state index contributed by atoms with van der Waals surface area (Å²) in [5, 5.41) is 11.4. The Bertz CT molecular complexity index is 685. The predicted octanol–water partition coefficient (Wildman–Crippen LogP) is 4.31. The summed E-state index contributed by atoms with van der Waals surface area (Å²) >= 11 is 2.27. The molecule has 1 heterocycles. The molecule has 0 bridgehead atoms. The summed E-state index contributed by atoms with van der Waals surface area (Å²) in [7, 11) is 0. The number of para-hydroxylation sites is 1. The molecule has 0 aliphatic carbocycles. The molecule has 96 valence electrons. The average molecular weight is 364 g/mol. The van der Waals surface area contributed by atoms with Crippen molar-refractivity contribution in [1.29, 1.82) is 0 Å². The lowest BCUT2D eigenvalue weighted by molar-refractivity contribution is 0.179. The standard InChI is InChI=1S/C16H13IO2/c17-12-7-5-11(6-8-12)9-15(18)14-10-19-16-4-2-1-3-13(14)16/h1-8,10,15,18H,9H2. The van der Waals surface area contributed by atoms with E-state index < -0.39 is 6.10 Å². The minimum absolute atomic E-state index is 0.538. The molecule has 3 heteroatoms. The third-order valence-electron chi connectivity index (χ3n) is 3.21. The number of rotatable bonds is 3. The molecule has 0 aliphatic heterocycles. The van der Waals surface area contributed by atoms with E-state index in [0.717, 1.165) is 22.1 Å². The molecule has 0 aliphatic rings. The third kappa shape index (κ3) is 2.67. The summed E-state index contributed by atoms with van der Waals surface area (Å²) in [6.45, 7) is 0. The molecule has 0 saturated heterocycles. The van der Waals surface area contributed by atoms with Gasteiger partial charge in [-0.2, -0.15) is 0 Å². The van der Waals surface area contributed by atoms with Crippen LogP contribution in [0.25, 0.3) is 11.0 Å². The van der Waals surface area contributed by atoms with E-state index in [1.165, 1.54) is 3.57 Å². The highest BCUT2D eigenvalue weighted by molar-refractivity contribution is 14.1. The molecule has 3 rings (SSSR count). The summed E-state index contributed by atoms with van der Waals surface area (Å²) in [6, 6.07) is 16.0. The van der Waals surface area contributed by atoms with Gasteiger partial charge in [-0.3, -0.25) is 0 Å². The summed E-state index contributed by atoms with van der Waals surface area (Å²) in [5.41, 5.74) is 2.80. The maximum absolute atomic E-state index is 10.4. The number of furan rings is 1. The van der Waals surface area contributed by atoms with Crippen molar-refractivity contribution in [2.45, 2.75) is 12.5 Å².